The molecule has 2 amide bonds. The van der Waals surface area contributed by atoms with E-state index >= 15 is 0 Å². The van der Waals surface area contributed by atoms with E-state index in [1.54, 1.807) is 19.9 Å². The highest BCUT2D eigenvalue weighted by molar-refractivity contribution is 9.10. The number of hydrogen-bond donors (Lipinski definition) is 2. The van der Waals surface area contributed by atoms with Gasteiger partial charge >= 0.3 is 12.0 Å². The van der Waals surface area contributed by atoms with Crippen LogP contribution in [0.4, 0.5) is 9.18 Å². The Kier molecular flexibility index (Phi) is 4.62. The second-order valence-electron chi connectivity index (χ2n) is 4.43. The first-order valence-electron chi connectivity index (χ1n) is 6.35. The van der Waals surface area contributed by atoms with E-state index in [-0.39, 0.29) is 17.7 Å². The lowest BCUT2D eigenvalue weighted by Crippen LogP contribution is -2.45. The second-order valence-corrected chi connectivity index (χ2v) is 5.28. The average Bonchev–Trinajstić information content (AvgIpc) is 2.37. The molecule has 1 unspecified atom stereocenters. The van der Waals surface area contributed by atoms with E-state index in [2.05, 4.69) is 26.6 Å². The van der Waals surface area contributed by atoms with E-state index in [9.17, 15) is 14.0 Å². The van der Waals surface area contributed by atoms with Crippen LogP contribution in [0.5, 0.6) is 0 Å². The van der Waals surface area contributed by atoms with Gasteiger partial charge in [-0.25, -0.2) is 14.0 Å². The van der Waals surface area contributed by atoms with Gasteiger partial charge in [0.05, 0.1) is 18.2 Å². The van der Waals surface area contributed by atoms with Gasteiger partial charge in [0.2, 0.25) is 0 Å². The summed E-state index contributed by atoms with van der Waals surface area (Å²) >= 11 is 3.25. The molecule has 1 aliphatic heterocycles. The van der Waals surface area contributed by atoms with Gasteiger partial charge in [-0.05, 0) is 26.0 Å². The Bertz CT molecular complexity index is 610. The maximum absolute atomic E-state index is 14.1. The van der Waals surface area contributed by atoms with Gasteiger partial charge in [-0.3, -0.25) is 0 Å². The molecule has 1 aromatic rings. The van der Waals surface area contributed by atoms with Crippen molar-refractivity contribution in [3.63, 3.8) is 0 Å². The minimum absolute atomic E-state index is 0.183. The minimum atomic E-state index is -0.909. The molecular weight excluding hydrogens is 343 g/mol. The molecule has 21 heavy (non-hydrogen) atoms. The normalized spacial score (nSPS) is 18.1. The van der Waals surface area contributed by atoms with Crippen LogP contribution in [0.15, 0.2) is 33.9 Å². The third-order valence-electron chi connectivity index (χ3n) is 3.05. The van der Waals surface area contributed by atoms with Crippen molar-refractivity contribution < 1.29 is 18.7 Å². The molecule has 0 bridgehead atoms. The summed E-state index contributed by atoms with van der Waals surface area (Å²) < 4.78 is 19.6. The van der Waals surface area contributed by atoms with E-state index in [0.717, 1.165) is 0 Å². The van der Waals surface area contributed by atoms with Crippen LogP contribution in [0.2, 0.25) is 0 Å². The molecule has 0 radical (unpaired) electrons. The number of urea groups is 1. The van der Waals surface area contributed by atoms with Gasteiger partial charge in [0.1, 0.15) is 5.82 Å². The monoisotopic (exact) mass is 356 g/mol. The number of carbonyl (C=O) groups excluding carboxylic acids is 2. The Morgan fingerprint density at radius 1 is 1.48 bits per heavy atom. The Morgan fingerprint density at radius 3 is 2.81 bits per heavy atom. The lowest BCUT2D eigenvalue weighted by Gasteiger charge is -2.28. The fourth-order valence-electron chi connectivity index (χ4n) is 2.18. The highest BCUT2D eigenvalue weighted by Crippen LogP contribution is 2.34. The predicted octanol–water partition coefficient (Wildman–Crippen LogP) is 2.78. The number of allylic oxidation sites excluding steroid dienone is 1. The van der Waals surface area contributed by atoms with Crippen molar-refractivity contribution in [2.45, 2.75) is 19.9 Å². The summed E-state index contributed by atoms with van der Waals surface area (Å²) in [6.07, 6.45) is 0. The molecular formula is C14H14BrFN2O3. The second kappa shape index (κ2) is 6.26. The molecule has 112 valence electrons. The third kappa shape index (κ3) is 3.07. The number of ether oxygens (including phenoxy) is 1. The van der Waals surface area contributed by atoms with E-state index in [1.807, 2.05) is 0 Å². The van der Waals surface area contributed by atoms with Crippen molar-refractivity contribution in [1.29, 1.82) is 0 Å². The molecule has 0 saturated carbocycles. The maximum atomic E-state index is 14.1. The smallest absolute Gasteiger partial charge is 0.338 e. The molecule has 1 aliphatic rings. The maximum Gasteiger partial charge on any atom is 0.338 e. The molecule has 0 saturated heterocycles. The van der Waals surface area contributed by atoms with Crippen LogP contribution < -0.4 is 10.6 Å². The van der Waals surface area contributed by atoms with Crippen molar-refractivity contribution in [1.82, 2.24) is 10.6 Å². The summed E-state index contributed by atoms with van der Waals surface area (Å²) in [7, 11) is 0. The van der Waals surface area contributed by atoms with Crippen LogP contribution in [0.3, 0.4) is 0 Å². The number of carbonyl (C=O) groups is 2. The highest BCUT2D eigenvalue weighted by atomic mass is 79.9. The summed E-state index contributed by atoms with van der Waals surface area (Å²) in [5, 5.41) is 5.05. The van der Waals surface area contributed by atoms with Crippen LogP contribution in [-0.4, -0.2) is 18.6 Å². The predicted molar refractivity (Wildman–Crippen MR) is 77.8 cm³/mol. The zero-order valence-electron chi connectivity index (χ0n) is 11.5. The molecule has 0 spiro atoms. The number of hydrogen-bond acceptors (Lipinski definition) is 3. The lowest BCUT2D eigenvalue weighted by molar-refractivity contribution is -0.139. The molecule has 0 fully saturated rings. The van der Waals surface area contributed by atoms with Crippen molar-refractivity contribution in [3.05, 3.63) is 45.3 Å². The molecule has 2 N–H and O–H groups in total. The zero-order chi connectivity index (χ0) is 15.6. The molecule has 2 rings (SSSR count). The summed E-state index contributed by atoms with van der Waals surface area (Å²) in [5.41, 5.74) is 0.717. The standard InChI is InChI=1S/C14H14BrFN2O3/c1-3-21-13(19)10-7(2)17-14(20)18-12(10)11-8(15)5-4-6-9(11)16/h4-6,12H,3H2,1-2H3,(H2,17,18,20). The van der Waals surface area contributed by atoms with Crippen LogP contribution in [-0.2, 0) is 9.53 Å². The van der Waals surface area contributed by atoms with E-state index < -0.39 is 23.9 Å². The fourth-order valence-corrected chi connectivity index (χ4v) is 2.75. The number of halogens is 2. The molecule has 1 atom stereocenters. The molecule has 0 aromatic heterocycles. The van der Waals surface area contributed by atoms with Crippen LogP contribution in [0.25, 0.3) is 0 Å². The van der Waals surface area contributed by atoms with Gasteiger partial charge in [-0.15, -0.1) is 0 Å². The first-order chi connectivity index (χ1) is 9.95. The molecule has 0 aliphatic carbocycles. The van der Waals surface area contributed by atoms with Crippen LogP contribution in [0.1, 0.15) is 25.5 Å². The Labute approximate surface area is 129 Å². The van der Waals surface area contributed by atoms with Crippen molar-refractivity contribution in [2.24, 2.45) is 0 Å². The molecule has 1 heterocycles. The van der Waals surface area contributed by atoms with Gasteiger partial charge < -0.3 is 15.4 Å². The number of rotatable bonds is 3. The fraction of sp³-hybridized carbons (Fsp3) is 0.286. The van der Waals surface area contributed by atoms with Crippen LogP contribution in [0, 0.1) is 5.82 Å². The number of esters is 1. The van der Waals surface area contributed by atoms with Crippen molar-refractivity contribution in [3.8, 4) is 0 Å². The average molecular weight is 357 g/mol. The number of amides is 2. The summed E-state index contributed by atoms with van der Waals surface area (Å²) in [6, 6.07) is 3.04. The van der Waals surface area contributed by atoms with Gasteiger partial charge in [0.25, 0.3) is 0 Å². The van der Waals surface area contributed by atoms with Gasteiger partial charge in [-0.1, -0.05) is 22.0 Å². The van der Waals surface area contributed by atoms with Crippen LogP contribution >= 0.6 is 15.9 Å². The minimum Gasteiger partial charge on any atom is -0.463 e. The third-order valence-corrected chi connectivity index (χ3v) is 3.74. The molecule has 1 aromatic carbocycles. The Balaban J connectivity index is 2.55. The Morgan fingerprint density at radius 2 is 2.19 bits per heavy atom. The largest absolute Gasteiger partial charge is 0.463 e. The van der Waals surface area contributed by atoms with Crippen molar-refractivity contribution in [2.75, 3.05) is 6.61 Å². The van der Waals surface area contributed by atoms with Gasteiger partial charge in [-0.2, -0.15) is 0 Å². The van der Waals surface area contributed by atoms with E-state index in [0.29, 0.717) is 10.2 Å². The van der Waals surface area contributed by atoms with Gasteiger partial charge in [0, 0.05) is 15.7 Å². The molecule has 5 nitrogen and oxygen atoms in total. The quantitative estimate of drug-likeness (QED) is 0.818. The van der Waals surface area contributed by atoms with E-state index in [4.69, 9.17) is 4.74 Å². The van der Waals surface area contributed by atoms with Gasteiger partial charge in [0.15, 0.2) is 0 Å². The summed E-state index contributed by atoms with van der Waals surface area (Å²) in [6.45, 7) is 3.44. The number of nitrogens with one attached hydrogen (secondary N) is 2. The number of benzene rings is 1. The molecule has 7 heteroatoms. The summed E-state index contributed by atoms with van der Waals surface area (Å²) in [5.74, 6) is -1.12. The lowest BCUT2D eigenvalue weighted by atomic mass is 9.95. The first kappa shape index (κ1) is 15.5. The van der Waals surface area contributed by atoms with E-state index in [1.165, 1.54) is 12.1 Å². The van der Waals surface area contributed by atoms with Crippen molar-refractivity contribution >= 4 is 27.9 Å². The highest BCUT2D eigenvalue weighted by Gasteiger charge is 2.34. The summed E-state index contributed by atoms with van der Waals surface area (Å²) in [4.78, 5) is 23.8. The first-order valence-corrected chi connectivity index (χ1v) is 7.14. The Hall–Kier alpha value is -1.89. The zero-order valence-corrected chi connectivity index (χ0v) is 13.1. The SMILES string of the molecule is CCOC(=O)C1=C(C)NC(=O)NC1c1c(F)cccc1Br. The topological polar surface area (TPSA) is 67.4 Å².